The standard InChI is InChI=1S/C51H54OS/c1-51(2,3)52-31-17-5-6-18-32-53(4,49-45-25-15-13-23-41(45)43-29-27-39(35-47(43)49)33-37-19-9-7-10-20-37)50-46-26-16-14-24-42(46)44-30-28-40(36-48(44)50)34-38-21-11-8-12-22-38/h7-16,19-30,35-36,49-50H,5-6,17-18,31-34H2,1-4H3. The molecule has 0 spiro atoms. The minimum absolute atomic E-state index is 0.0754. The third-order valence-corrected chi connectivity index (χ3v) is 15.8. The van der Waals surface area contributed by atoms with Gasteiger partial charge in [0.25, 0.3) is 0 Å². The van der Waals surface area contributed by atoms with E-state index in [0.717, 1.165) is 25.9 Å². The van der Waals surface area contributed by atoms with Gasteiger partial charge in [-0.15, -0.1) is 0 Å². The second-order valence-corrected chi connectivity index (χ2v) is 20.2. The zero-order valence-electron chi connectivity index (χ0n) is 32.0. The van der Waals surface area contributed by atoms with Crippen LogP contribution in [0.25, 0.3) is 22.3 Å². The van der Waals surface area contributed by atoms with Crippen molar-refractivity contribution >= 4 is 10.0 Å². The van der Waals surface area contributed by atoms with E-state index in [4.69, 9.17) is 4.74 Å². The van der Waals surface area contributed by atoms with Crippen LogP contribution in [0.2, 0.25) is 0 Å². The molecule has 2 aliphatic rings. The van der Waals surface area contributed by atoms with E-state index < -0.39 is 10.0 Å². The fourth-order valence-corrected chi connectivity index (χ4v) is 13.8. The van der Waals surface area contributed by atoms with Gasteiger partial charge in [-0.25, -0.2) is 10.0 Å². The van der Waals surface area contributed by atoms with Gasteiger partial charge in [0.2, 0.25) is 0 Å². The first-order valence-corrected chi connectivity index (χ1v) is 22.0. The van der Waals surface area contributed by atoms with Gasteiger partial charge in [-0.05, 0) is 125 Å². The van der Waals surface area contributed by atoms with Crippen molar-refractivity contribution in [3.8, 4) is 22.3 Å². The fourth-order valence-electron chi connectivity index (χ4n) is 9.09. The maximum atomic E-state index is 6.11. The maximum Gasteiger partial charge on any atom is 0.0598 e. The SMILES string of the molecule is CC(C)(C)OCCCCCCS(C)(C1c2ccccc2-c2ccc(Cc3ccccc3)cc21)C1c2ccccc2-c2ccc(Cc3ccccc3)cc21. The lowest BCUT2D eigenvalue weighted by Crippen LogP contribution is -2.21. The first-order valence-electron chi connectivity index (χ1n) is 19.7. The van der Waals surface area contributed by atoms with Crippen molar-refractivity contribution in [1.29, 1.82) is 0 Å². The van der Waals surface area contributed by atoms with Crippen LogP contribution >= 0.6 is 10.0 Å². The molecule has 53 heavy (non-hydrogen) atoms. The predicted octanol–water partition coefficient (Wildman–Crippen LogP) is 13.5. The van der Waals surface area contributed by atoms with Crippen molar-refractivity contribution in [2.45, 2.75) is 75.4 Å². The van der Waals surface area contributed by atoms with Crippen LogP contribution in [-0.2, 0) is 17.6 Å². The summed E-state index contributed by atoms with van der Waals surface area (Å²) < 4.78 is 6.11. The molecule has 8 rings (SSSR count). The molecule has 2 aliphatic carbocycles. The number of fused-ring (bicyclic) bond motifs is 6. The molecular weight excluding hydrogens is 661 g/mol. The third-order valence-electron chi connectivity index (χ3n) is 11.5. The van der Waals surface area contributed by atoms with E-state index in [1.807, 2.05) is 0 Å². The number of unbranched alkanes of at least 4 members (excludes halogenated alkanes) is 3. The van der Waals surface area contributed by atoms with E-state index in [9.17, 15) is 0 Å². The minimum atomic E-state index is -1.38. The number of benzene rings is 6. The van der Waals surface area contributed by atoms with Crippen LogP contribution in [0, 0.1) is 0 Å². The van der Waals surface area contributed by atoms with Gasteiger partial charge >= 0.3 is 0 Å². The van der Waals surface area contributed by atoms with Gasteiger partial charge in [-0.2, -0.15) is 0 Å². The van der Waals surface area contributed by atoms with Gasteiger partial charge in [0.1, 0.15) is 0 Å². The van der Waals surface area contributed by atoms with Gasteiger partial charge in [0.05, 0.1) is 5.60 Å². The minimum Gasteiger partial charge on any atom is -0.376 e. The summed E-state index contributed by atoms with van der Waals surface area (Å²) in [6, 6.07) is 55.5. The van der Waals surface area contributed by atoms with Crippen molar-refractivity contribution in [3.63, 3.8) is 0 Å². The molecule has 2 unspecified atom stereocenters. The van der Waals surface area contributed by atoms with Gasteiger partial charge in [-0.1, -0.05) is 158 Å². The molecule has 6 aromatic rings. The van der Waals surface area contributed by atoms with Crippen molar-refractivity contribution < 1.29 is 4.74 Å². The Bertz CT molecular complexity index is 2040. The highest BCUT2D eigenvalue weighted by molar-refractivity contribution is 8.33. The van der Waals surface area contributed by atoms with E-state index in [1.165, 1.54) is 80.6 Å². The number of hydrogen-bond acceptors (Lipinski definition) is 1. The Balaban J connectivity index is 1.22. The van der Waals surface area contributed by atoms with E-state index >= 15 is 0 Å². The van der Waals surface area contributed by atoms with Crippen LogP contribution in [0.15, 0.2) is 146 Å². The highest BCUT2D eigenvalue weighted by Gasteiger charge is 2.47. The van der Waals surface area contributed by atoms with E-state index in [2.05, 4.69) is 173 Å². The van der Waals surface area contributed by atoms with Crippen LogP contribution in [-0.4, -0.2) is 24.2 Å². The molecule has 0 saturated carbocycles. The molecule has 6 aromatic carbocycles. The summed E-state index contributed by atoms with van der Waals surface area (Å²) in [6.07, 6.45) is 9.45. The summed E-state index contributed by atoms with van der Waals surface area (Å²) in [5, 5.41) is 0.714. The molecule has 0 N–H and O–H groups in total. The van der Waals surface area contributed by atoms with Gasteiger partial charge < -0.3 is 4.74 Å². The van der Waals surface area contributed by atoms with E-state index in [1.54, 1.807) is 11.1 Å². The van der Waals surface area contributed by atoms with Crippen molar-refractivity contribution in [2.24, 2.45) is 0 Å². The monoisotopic (exact) mass is 714 g/mol. The number of hydrogen-bond donors (Lipinski definition) is 0. The second kappa shape index (κ2) is 15.2. The third kappa shape index (κ3) is 7.42. The molecule has 0 saturated heterocycles. The van der Waals surface area contributed by atoms with E-state index in [-0.39, 0.29) is 5.60 Å². The second-order valence-electron chi connectivity index (χ2n) is 16.4. The highest BCUT2D eigenvalue weighted by atomic mass is 32.3. The van der Waals surface area contributed by atoms with Gasteiger partial charge in [0.15, 0.2) is 0 Å². The first kappa shape index (κ1) is 35.6. The summed E-state index contributed by atoms with van der Waals surface area (Å²) in [4.78, 5) is 0. The maximum absolute atomic E-state index is 6.11. The Hall–Kier alpha value is -4.37. The Kier molecular flexibility index (Phi) is 10.2. The molecule has 0 bridgehead atoms. The largest absolute Gasteiger partial charge is 0.376 e. The Labute approximate surface area is 319 Å². The van der Waals surface area contributed by atoms with Crippen LogP contribution < -0.4 is 0 Å². The van der Waals surface area contributed by atoms with E-state index in [0.29, 0.717) is 10.5 Å². The molecule has 0 aliphatic heterocycles. The van der Waals surface area contributed by atoms with Crippen molar-refractivity contribution in [1.82, 2.24) is 0 Å². The van der Waals surface area contributed by atoms with Gasteiger partial charge in [-0.3, -0.25) is 0 Å². The zero-order chi connectivity index (χ0) is 36.4. The molecule has 1 nitrogen and oxygen atoms in total. The lowest BCUT2D eigenvalue weighted by Gasteiger charge is -2.49. The van der Waals surface area contributed by atoms with Crippen LogP contribution in [0.1, 0.15) is 101 Å². The first-order chi connectivity index (χ1) is 25.8. The molecule has 2 atom stereocenters. The molecule has 0 radical (unpaired) electrons. The average Bonchev–Trinajstić information content (AvgIpc) is 3.68. The molecule has 2 heteroatoms. The van der Waals surface area contributed by atoms with Crippen LogP contribution in [0.3, 0.4) is 0 Å². The summed E-state index contributed by atoms with van der Waals surface area (Å²) in [6.45, 7) is 7.32. The topological polar surface area (TPSA) is 9.23 Å². The molecule has 0 fully saturated rings. The molecule has 0 heterocycles. The molecule has 270 valence electrons. The smallest absolute Gasteiger partial charge is 0.0598 e. The van der Waals surface area contributed by atoms with Crippen LogP contribution in [0.4, 0.5) is 0 Å². The van der Waals surface area contributed by atoms with Crippen molar-refractivity contribution in [3.05, 3.63) is 190 Å². The van der Waals surface area contributed by atoms with Crippen LogP contribution in [0.5, 0.6) is 0 Å². The average molecular weight is 715 g/mol. The Morgan fingerprint density at radius 3 is 1.38 bits per heavy atom. The zero-order valence-corrected chi connectivity index (χ0v) is 32.8. The summed E-state index contributed by atoms with van der Waals surface area (Å²) in [7, 11) is -1.38. The Morgan fingerprint density at radius 2 is 0.887 bits per heavy atom. The number of rotatable bonds is 13. The fraction of sp³-hybridized carbons (Fsp3) is 0.294. The highest BCUT2D eigenvalue weighted by Crippen LogP contribution is 2.76. The van der Waals surface area contributed by atoms with Gasteiger partial charge in [0, 0.05) is 17.1 Å². The molecule has 0 amide bonds. The normalized spacial score (nSPS) is 17.4. The molecule has 0 aromatic heterocycles. The lowest BCUT2D eigenvalue weighted by molar-refractivity contribution is -0.00471. The van der Waals surface area contributed by atoms with Crippen molar-refractivity contribution in [2.75, 3.05) is 18.6 Å². The number of ether oxygens (including phenoxy) is 1. The lowest BCUT2D eigenvalue weighted by atomic mass is 9.99. The summed E-state index contributed by atoms with van der Waals surface area (Å²) in [5.41, 5.74) is 17.4. The quantitative estimate of drug-likeness (QED) is 0.108. The molecular formula is C51H54OS. The summed E-state index contributed by atoms with van der Waals surface area (Å²) in [5.74, 6) is 1.23. The summed E-state index contributed by atoms with van der Waals surface area (Å²) >= 11 is 0. The predicted molar refractivity (Wildman–Crippen MR) is 228 cm³/mol. The Morgan fingerprint density at radius 1 is 0.453 bits per heavy atom.